The summed E-state index contributed by atoms with van der Waals surface area (Å²) in [5.74, 6) is 0.104. The van der Waals surface area contributed by atoms with Crippen LogP contribution in [0.5, 0.6) is 11.5 Å². The molecule has 27 heavy (non-hydrogen) atoms. The number of carbonyl (C=O) groups is 1. The van der Waals surface area contributed by atoms with E-state index >= 15 is 0 Å². The highest BCUT2D eigenvalue weighted by molar-refractivity contribution is 6.07. The minimum Gasteiger partial charge on any atom is -0.507 e. The molecule has 3 aromatic rings. The number of anilines is 2. The highest BCUT2D eigenvalue weighted by Gasteiger charge is 2.12. The van der Waals surface area contributed by atoms with E-state index in [-0.39, 0.29) is 11.3 Å². The number of aromatic hydroxyl groups is 1. The molecule has 6 heteroatoms. The number of amides is 1. The zero-order chi connectivity index (χ0) is 19.2. The predicted octanol–water partition coefficient (Wildman–Crippen LogP) is 4.01. The highest BCUT2D eigenvalue weighted by Crippen LogP contribution is 2.30. The van der Waals surface area contributed by atoms with Gasteiger partial charge in [0.2, 0.25) is 0 Å². The molecular weight excluding hydrogens is 342 g/mol. The Labute approximate surface area is 156 Å². The van der Waals surface area contributed by atoms with Crippen LogP contribution in [-0.4, -0.2) is 18.1 Å². The molecule has 0 aliphatic heterocycles. The zero-order valence-corrected chi connectivity index (χ0v) is 14.6. The minimum absolute atomic E-state index is 0.0990. The predicted molar refractivity (Wildman–Crippen MR) is 105 cm³/mol. The number of para-hydroxylation sites is 2. The van der Waals surface area contributed by atoms with Crippen molar-refractivity contribution < 1.29 is 14.6 Å². The molecule has 3 N–H and O–H groups in total. The number of phenols is 1. The average molecular weight is 359 g/mol. The number of nitrogens with one attached hydrogen (secondary N) is 2. The molecule has 0 aliphatic rings. The van der Waals surface area contributed by atoms with Gasteiger partial charge in [-0.05, 0) is 24.3 Å². The van der Waals surface area contributed by atoms with Crippen molar-refractivity contribution in [1.29, 1.82) is 5.26 Å². The van der Waals surface area contributed by atoms with E-state index < -0.39 is 5.91 Å². The third kappa shape index (κ3) is 3.83. The summed E-state index contributed by atoms with van der Waals surface area (Å²) < 4.78 is 5.19. The number of hydrogen-bond donors (Lipinski definition) is 3. The molecule has 0 aliphatic carbocycles. The van der Waals surface area contributed by atoms with E-state index in [1.165, 1.54) is 13.3 Å². The Hall–Kier alpha value is -3.98. The maximum Gasteiger partial charge on any atom is 0.267 e. The quantitative estimate of drug-likeness (QED) is 0.473. The van der Waals surface area contributed by atoms with Gasteiger partial charge >= 0.3 is 0 Å². The Bertz CT molecular complexity index is 1070. The molecule has 1 amide bonds. The smallest absolute Gasteiger partial charge is 0.267 e. The average Bonchev–Trinajstić information content (AvgIpc) is 2.69. The number of phenolic OH excluding ortho intramolecular Hbond substituents is 1. The van der Waals surface area contributed by atoms with Gasteiger partial charge in [-0.25, -0.2) is 0 Å². The molecule has 3 aromatic carbocycles. The summed E-state index contributed by atoms with van der Waals surface area (Å²) in [6, 6.07) is 19.4. The van der Waals surface area contributed by atoms with Crippen molar-refractivity contribution in [2.75, 3.05) is 17.7 Å². The van der Waals surface area contributed by atoms with Crippen LogP contribution in [0.15, 0.2) is 72.4 Å². The van der Waals surface area contributed by atoms with Crippen LogP contribution in [0.3, 0.4) is 0 Å². The fraction of sp³-hybridized carbons (Fsp3) is 0.0476. The maximum atomic E-state index is 12.4. The molecule has 6 nitrogen and oxygen atoms in total. The second-order valence-corrected chi connectivity index (χ2v) is 5.65. The van der Waals surface area contributed by atoms with E-state index in [1.54, 1.807) is 54.6 Å². The van der Waals surface area contributed by atoms with E-state index in [2.05, 4.69) is 10.6 Å². The number of carbonyl (C=O) groups excluding carboxylic acids is 1. The van der Waals surface area contributed by atoms with Crippen LogP contribution in [-0.2, 0) is 4.79 Å². The fourth-order valence-corrected chi connectivity index (χ4v) is 2.66. The summed E-state index contributed by atoms with van der Waals surface area (Å²) in [4.78, 5) is 12.4. The molecule has 0 radical (unpaired) electrons. The molecule has 3 rings (SSSR count). The van der Waals surface area contributed by atoms with Crippen LogP contribution in [0, 0.1) is 11.3 Å². The molecule has 0 saturated heterocycles. The maximum absolute atomic E-state index is 12.4. The first-order valence-corrected chi connectivity index (χ1v) is 8.16. The standard InChI is InChI=1S/C21H17N3O3/c1-27-20-11-3-2-8-18(20)24-21(26)14(12-22)13-23-17-9-4-7-16-15(17)6-5-10-19(16)25/h2-11,13,23,25H,1H3,(H,24,26)/b14-13-. The lowest BCUT2D eigenvalue weighted by Crippen LogP contribution is -2.15. The monoisotopic (exact) mass is 359 g/mol. The van der Waals surface area contributed by atoms with Crippen molar-refractivity contribution in [3.05, 3.63) is 72.4 Å². The van der Waals surface area contributed by atoms with Gasteiger partial charge in [-0.1, -0.05) is 36.4 Å². The Morgan fingerprint density at radius 2 is 1.74 bits per heavy atom. The Morgan fingerprint density at radius 1 is 1.04 bits per heavy atom. The Balaban J connectivity index is 1.84. The number of nitriles is 1. The lowest BCUT2D eigenvalue weighted by atomic mass is 10.1. The van der Waals surface area contributed by atoms with Crippen molar-refractivity contribution >= 4 is 28.1 Å². The number of rotatable bonds is 5. The van der Waals surface area contributed by atoms with Crippen LogP contribution >= 0.6 is 0 Å². The SMILES string of the molecule is COc1ccccc1NC(=O)/C(C#N)=C\Nc1cccc2c(O)cccc12. The largest absolute Gasteiger partial charge is 0.507 e. The number of nitrogens with zero attached hydrogens (tertiary/aromatic N) is 1. The van der Waals surface area contributed by atoms with Gasteiger partial charge in [0.1, 0.15) is 23.1 Å². The molecule has 0 atom stereocenters. The summed E-state index contributed by atoms with van der Waals surface area (Å²) in [7, 11) is 1.50. The van der Waals surface area contributed by atoms with Crippen LogP contribution in [0.2, 0.25) is 0 Å². The first-order valence-electron chi connectivity index (χ1n) is 8.16. The van der Waals surface area contributed by atoms with E-state index in [1.807, 2.05) is 12.1 Å². The minimum atomic E-state index is -0.558. The lowest BCUT2D eigenvalue weighted by Gasteiger charge is -2.10. The van der Waals surface area contributed by atoms with Gasteiger partial charge in [0.15, 0.2) is 0 Å². The molecule has 0 bridgehead atoms. The number of benzene rings is 3. The molecule has 134 valence electrons. The van der Waals surface area contributed by atoms with E-state index in [0.29, 0.717) is 22.5 Å². The summed E-state index contributed by atoms with van der Waals surface area (Å²) in [5.41, 5.74) is 1.04. The molecule has 0 spiro atoms. The van der Waals surface area contributed by atoms with Gasteiger partial charge in [0, 0.05) is 22.7 Å². The van der Waals surface area contributed by atoms with Crippen LogP contribution < -0.4 is 15.4 Å². The molecule has 0 heterocycles. The van der Waals surface area contributed by atoms with Gasteiger partial charge < -0.3 is 20.5 Å². The second kappa shape index (κ2) is 7.93. The van der Waals surface area contributed by atoms with Crippen molar-refractivity contribution in [3.63, 3.8) is 0 Å². The molecule has 0 aromatic heterocycles. The lowest BCUT2D eigenvalue weighted by molar-refractivity contribution is -0.112. The Morgan fingerprint density at radius 3 is 2.52 bits per heavy atom. The van der Waals surface area contributed by atoms with Crippen molar-refractivity contribution in [3.8, 4) is 17.6 Å². The van der Waals surface area contributed by atoms with E-state index in [0.717, 1.165) is 5.39 Å². The number of hydrogen-bond acceptors (Lipinski definition) is 5. The molecular formula is C21H17N3O3. The van der Waals surface area contributed by atoms with Crippen LogP contribution in [0.1, 0.15) is 0 Å². The fourth-order valence-electron chi connectivity index (χ4n) is 2.66. The second-order valence-electron chi connectivity index (χ2n) is 5.65. The van der Waals surface area contributed by atoms with E-state index in [9.17, 15) is 15.2 Å². The van der Waals surface area contributed by atoms with Crippen molar-refractivity contribution in [1.82, 2.24) is 0 Å². The normalized spacial score (nSPS) is 10.9. The van der Waals surface area contributed by atoms with Gasteiger partial charge in [-0.2, -0.15) is 5.26 Å². The third-order valence-electron chi connectivity index (χ3n) is 3.99. The van der Waals surface area contributed by atoms with Crippen LogP contribution in [0.4, 0.5) is 11.4 Å². The zero-order valence-electron chi connectivity index (χ0n) is 14.6. The number of fused-ring (bicyclic) bond motifs is 1. The number of ether oxygens (including phenoxy) is 1. The van der Waals surface area contributed by atoms with Gasteiger partial charge in [0.25, 0.3) is 5.91 Å². The van der Waals surface area contributed by atoms with E-state index in [4.69, 9.17) is 4.74 Å². The van der Waals surface area contributed by atoms with Crippen LogP contribution in [0.25, 0.3) is 10.8 Å². The first kappa shape index (κ1) is 17.8. The van der Waals surface area contributed by atoms with Gasteiger partial charge in [0.05, 0.1) is 12.8 Å². The number of methoxy groups -OCH3 is 1. The summed E-state index contributed by atoms with van der Waals surface area (Å²) in [6.45, 7) is 0. The van der Waals surface area contributed by atoms with Gasteiger partial charge in [-0.15, -0.1) is 0 Å². The molecule has 0 saturated carbocycles. The topological polar surface area (TPSA) is 94.4 Å². The van der Waals surface area contributed by atoms with Crippen molar-refractivity contribution in [2.45, 2.75) is 0 Å². The summed E-state index contributed by atoms with van der Waals surface area (Å²) in [5, 5.41) is 26.4. The third-order valence-corrected chi connectivity index (χ3v) is 3.99. The first-order chi connectivity index (χ1) is 13.1. The van der Waals surface area contributed by atoms with Crippen molar-refractivity contribution in [2.24, 2.45) is 0 Å². The van der Waals surface area contributed by atoms with Gasteiger partial charge in [-0.3, -0.25) is 4.79 Å². The summed E-state index contributed by atoms with van der Waals surface area (Å²) in [6.07, 6.45) is 1.34. The summed E-state index contributed by atoms with van der Waals surface area (Å²) >= 11 is 0. The molecule has 0 unspecified atom stereocenters. The Kier molecular flexibility index (Phi) is 5.24. The molecule has 0 fully saturated rings. The highest BCUT2D eigenvalue weighted by atomic mass is 16.5.